The Balaban J connectivity index is 1.72. The van der Waals surface area contributed by atoms with Crippen LogP contribution in [-0.4, -0.2) is 9.97 Å². The van der Waals surface area contributed by atoms with Crippen molar-refractivity contribution in [1.82, 2.24) is 9.97 Å². The van der Waals surface area contributed by atoms with Gasteiger partial charge in [0.2, 0.25) is 5.95 Å². The molecule has 0 aliphatic heterocycles. The highest BCUT2D eigenvalue weighted by Gasteiger charge is 2.06. The number of hydrogen-bond donors (Lipinski definition) is 2. The summed E-state index contributed by atoms with van der Waals surface area (Å²) in [7, 11) is 0. The molecule has 0 aliphatic carbocycles. The minimum Gasteiger partial charge on any atom is -0.366 e. The molecular formula is C21H24N4. The normalized spacial score (nSPS) is 10.6. The summed E-state index contributed by atoms with van der Waals surface area (Å²) in [5.74, 6) is 1.41. The molecule has 0 aliphatic rings. The van der Waals surface area contributed by atoms with Gasteiger partial charge in [-0.1, -0.05) is 47.5 Å². The second-order valence-corrected chi connectivity index (χ2v) is 6.50. The van der Waals surface area contributed by atoms with Gasteiger partial charge < -0.3 is 10.6 Å². The van der Waals surface area contributed by atoms with E-state index >= 15 is 0 Å². The largest absolute Gasteiger partial charge is 0.366 e. The van der Waals surface area contributed by atoms with Crippen LogP contribution in [0.4, 0.5) is 17.5 Å². The van der Waals surface area contributed by atoms with Crippen LogP contribution in [0.15, 0.2) is 48.7 Å². The summed E-state index contributed by atoms with van der Waals surface area (Å²) in [6.45, 7) is 9.13. The number of nitrogens with zero attached hydrogens (tertiary/aromatic N) is 2. The van der Waals surface area contributed by atoms with Gasteiger partial charge in [0, 0.05) is 18.4 Å². The van der Waals surface area contributed by atoms with Crippen LogP contribution in [0.1, 0.15) is 27.8 Å². The van der Waals surface area contributed by atoms with E-state index in [2.05, 4.69) is 84.7 Å². The Morgan fingerprint density at radius 3 is 2.20 bits per heavy atom. The Morgan fingerprint density at radius 1 is 0.840 bits per heavy atom. The van der Waals surface area contributed by atoms with Crippen molar-refractivity contribution in [2.45, 2.75) is 34.2 Å². The van der Waals surface area contributed by atoms with Crippen molar-refractivity contribution in [3.63, 3.8) is 0 Å². The fourth-order valence-electron chi connectivity index (χ4n) is 2.90. The maximum atomic E-state index is 4.57. The summed E-state index contributed by atoms with van der Waals surface area (Å²) < 4.78 is 0. The van der Waals surface area contributed by atoms with Crippen LogP contribution in [0.5, 0.6) is 0 Å². The number of rotatable bonds is 5. The third-order valence-corrected chi connectivity index (χ3v) is 4.16. The SMILES string of the molecule is Cc1ccc(CNc2ccnc(Nc3c(C)cc(C)cc3C)n2)cc1. The molecule has 0 atom stereocenters. The standard InChI is InChI=1S/C21H24N4/c1-14-5-7-18(8-6-14)13-23-19-9-10-22-21(24-19)25-20-16(3)11-15(2)12-17(20)4/h5-12H,13H2,1-4H3,(H2,22,23,24,25). The van der Waals surface area contributed by atoms with Crippen LogP contribution in [0, 0.1) is 27.7 Å². The zero-order chi connectivity index (χ0) is 17.8. The van der Waals surface area contributed by atoms with Gasteiger partial charge in [-0.05, 0) is 50.5 Å². The molecule has 2 N–H and O–H groups in total. The lowest BCUT2D eigenvalue weighted by Crippen LogP contribution is -2.05. The topological polar surface area (TPSA) is 49.8 Å². The zero-order valence-corrected chi connectivity index (χ0v) is 15.2. The molecule has 2 aromatic carbocycles. The predicted molar refractivity (Wildman–Crippen MR) is 104 cm³/mol. The quantitative estimate of drug-likeness (QED) is 0.685. The molecule has 1 aromatic heterocycles. The second kappa shape index (κ2) is 7.34. The smallest absolute Gasteiger partial charge is 0.229 e. The van der Waals surface area contributed by atoms with Gasteiger partial charge in [0.25, 0.3) is 0 Å². The van der Waals surface area contributed by atoms with Gasteiger partial charge in [-0.15, -0.1) is 0 Å². The van der Waals surface area contributed by atoms with E-state index < -0.39 is 0 Å². The third kappa shape index (κ3) is 4.35. The van der Waals surface area contributed by atoms with E-state index in [4.69, 9.17) is 0 Å². The van der Waals surface area contributed by atoms with Gasteiger partial charge in [0.15, 0.2) is 0 Å². The van der Waals surface area contributed by atoms with Gasteiger partial charge in [-0.3, -0.25) is 0 Å². The molecule has 0 bridgehead atoms. The molecule has 3 rings (SSSR count). The molecule has 128 valence electrons. The van der Waals surface area contributed by atoms with Gasteiger partial charge in [0.05, 0.1) is 0 Å². The molecule has 4 nitrogen and oxygen atoms in total. The van der Waals surface area contributed by atoms with Crippen molar-refractivity contribution in [1.29, 1.82) is 0 Å². The highest BCUT2D eigenvalue weighted by atomic mass is 15.1. The number of nitrogens with one attached hydrogen (secondary N) is 2. The summed E-state index contributed by atoms with van der Waals surface area (Å²) in [5, 5.41) is 6.71. The van der Waals surface area contributed by atoms with E-state index in [1.807, 2.05) is 6.07 Å². The number of anilines is 3. The Hall–Kier alpha value is -2.88. The minimum absolute atomic E-state index is 0.601. The Morgan fingerprint density at radius 2 is 1.52 bits per heavy atom. The number of benzene rings is 2. The Labute approximate surface area is 149 Å². The van der Waals surface area contributed by atoms with E-state index in [0.29, 0.717) is 5.95 Å². The van der Waals surface area contributed by atoms with E-state index in [1.165, 1.54) is 27.8 Å². The molecule has 4 heteroatoms. The van der Waals surface area contributed by atoms with Crippen LogP contribution in [0.25, 0.3) is 0 Å². The van der Waals surface area contributed by atoms with Crippen LogP contribution in [0.3, 0.4) is 0 Å². The lowest BCUT2D eigenvalue weighted by atomic mass is 10.1. The summed E-state index contributed by atoms with van der Waals surface area (Å²) >= 11 is 0. The van der Waals surface area contributed by atoms with Crippen molar-refractivity contribution >= 4 is 17.5 Å². The number of aryl methyl sites for hydroxylation is 4. The molecule has 0 saturated heterocycles. The average Bonchev–Trinajstić information content (AvgIpc) is 2.58. The van der Waals surface area contributed by atoms with E-state index in [-0.39, 0.29) is 0 Å². The van der Waals surface area contributed by atoms with Gasteiger partial charge >= 0.3 is 0 Å². The predicted octanol–water partition coefficient (Wildman–Crippen LogP) is 5.07. The molecule has 0 spiro atoms. The molecule has 1 heterocycles. The zero-order valence-electron chi connectivity index (χ0n) is 15.2. The van der Waals surface area contributed by atoms with E-state index in [0.717, 1.165) is 18.1 Å². The van der Waals surface area contributed by atoms with Crippen molar-refractivity contribution in [2.75, 3.05) is 10.6 Å². The third-order valence-electron chi connectivity index (χ3n) is 4.16. The molecule has 25 heavy (non-hydrogen) atoms. The van der Waals surface area contributed by atoms with Crippen molar-refractivity contribution in [2.24, 2.45) is 0 Å². The number of hydrogen-bond acceptors (Lipinski definition) is 4. The molecule has 0 amide bonds. The van der Waals surface area contributed by atoms with Crippen molar-refractivity contribution in [3.05, 3.63) is 76.5 Å². The second-order valence-electron chi connectivity index (χ2n) is 6.50. The molecule has 0 radical (unpaired) electrons. The number of aromatic nitrogens is 2. The molecule has 0 fully saturated rings. The van der Waals surface area contributed by atoms with E-state index in [1.54, 1.807) is 6.20 Å². The first-order valence-corrected chi connectivity index (χ1v) is 8.48. The first kappa shape index (κ1) is 17.0. The fraction of sp³-hybridized carbons (Fsp3) is 0.238. The summed E-state index contributed by atoms with van der Waals surface area (Å²) in [4.78, 5) is 8.92. The lowest BCUT2D eigenvalue weighted by Gasteiger charge is -2.13. The fourth-order valence-corrected chi connectivity index (χ4v) is 2.90. The Bertz CT molecular complexity index is 846. The molecule has 0 saturated carbocycles. The molecular weight excluding hydrogens is 308 g/mol. The van der Waals surface area contributed by atoms with E-state index in [9.17, 15) is 0 Å². The van der Waals surface area contributed by atoms with Crippen molar-refractivity contribution < 1.29 is 0 Å². The maximum Gasteiger partial charge on any atom is 0.229 e. The van der Waals surface area contributed by atoms with Crippen LogP contribution in [0.2, 0.25) is 0 Å². The molecule has 3 aromatic rings. The maximum absolute atomic E-state index is 4.57. The minimum atomic E-state index is 0.601. The van der Waals surface area contributed by atoms with Gasteiger partial charge in [-0.25, -0.2) is 4.98 Å². The Kier molecular flexibility index (Phi) is 4.98. The first-order chi connectivity index (χ1) is 12.0. The lowest BCUT2D eigenvalue weighted by molar-refractivity contribution is 1.08. The van der Waals surface area contributed by atoms with Gasteiger partial charge in [0.1, 0.15) is 5.82 Å². The highest BCUT2D eigenvalue weighted by Crippen LogP contribution is 2.24. The summed E-state index contributed by atoms with van der Waals surface area (Å²) in [5.41, 5.74) is 7.21. The average molecular weight is 332 g/mol. The summed E-state index contributed by atoms with van der Waals surface area (Å²) in [6, 6.07) is 14.7. The highest BCUT2D eigenvalue weighted by molar-refractivity contribution is 5.64. The first-order valence-electron chi connectivity index (χ1n) is 8.48. The van der Waals surface area contributed by atoms with Crippen LogP contribution in [-0.2, 0) is 6.54 Å². The monoisotopic (exact) mass is 332 g/mol. The van der Waals surface area contributed by atoms with Crippen molar-refractivity contribution in [3.8, 4) is 0 Å². The van der Waals surface area contributed by atoms with Crippen LogP contribution < -0.4 is 10.6 Å². The summed E-state index contributed by atoms with van der Waals surface area (Å²) in [6.07, 6.45) is 1.77. The van der Waals surface area contributed by atoms with Gasteiger partial charge in [-0.2, -0.15) is 4.98 Å². The molecule has 0 unspecified atom stereocenters. The van der Waals surface area contributed by atoms with Crippen LogP contribution >= 0.6 is 0 Å².